The molecule has 0 bridgehead atoms. The molecule has 3 N–H and O–H groups in total. The number of ether oxygens (including phenoxy) is 1. The van der Waals surface area contributed by atoms with E-state index in [0.717, 1.165) is 27.6 Å². The summed E-state index contributed by atoms with van der Waals surface area (Å²) >= 11 is 0. The average molecular weight is 332 g/mol. The van der Waals surface area contributed by atoms with Gasteiger partial charge in [-0.1, -0.05) is 12.1 Å². The smallest absolute Gasteiger partial charge is 0.124 e. The molecule has 3 aromatic rings. The van der Waals surface area contributed by atoms with Crippen LogP contribution >= 0.6 is 0 Å². The van der Waals surface area contributed by atoms with Crippen molar-refractivity contribution in [1.82, 2.24) is 10.3 Å². The number of pyridine rings is 1. The summed E-state index contributed by atoms with van der Waals surface area (Å²) < 4.78 is 5.89. The van der Waals surface area contributed by atoms with Crippen LogP contribution in [0.15, 0.2) is 42.5 Å². The van der Waals surface area contributed by atoms with Crippen molar-refractivity contribution in [2.45, 2.75) is 20.1 Å². The highest BCUT2D eigenvalue weighted by Gasteiger charge is 2.05. The SMILES string of the molecule is CNCc1cc(C#N)cc(OCc2ccc3c(C)cc(N)nc3c2)c1. The molecule has 0 fully saturated rings. The zero-order chi connectivity index (χ0) is 17.8. The second kappa shape index (κ2) is 7.20. The fourth-order valence-corrected chi connectivity index (χ4v) is 2.85. The van der Waals surface area contributed by atoms with E-state index in [0.29, 0.717) is 30.3 Å². The quantitative estimate of drug-likeness (QED) is 0.749. The first-order valence-corrected chi connectivity index (χ1v) is 8.06. The number of aryl methyl sites for hydroxylation is 1. The number of nitrogens with one attached hydrogen (secondary N) is 1. The normalized spacial score (nSPS) is 10.6. The maximum atomic E-state index is 9.16. The molecule has 0 spiro atoms. The van der Waals surface area contributed by atoms with Crippen LogP contribution in [-0.4, -0.2) is 12.0 Å². The van der Waals surface area contributed by atoms with Crippen LogP contribution in [-0.2, 0) is 13.2 Å². The molecule has 0 unspecified atom stereocenters. The molecule has 0 aliphatic heterocycles. The van der Waals surface area contributed by atoms with Crippen molar-refractivity contribution < 1.29 is 4.74 Å². The molecule has 0 atom stereocenters. The third kappa shape index (κ3) is 3.87. The summed E-state index contributed by atoms with van der Waals surface area (Å²) in [5, 5.41) is 13.3. The average Bonchev–Trinajstić information content (AvgIpc) is 2.59. The van der Waals surface area contributed by atoms with Crippen LogP contribution in [0.5, 0.6) is 5.75 Å². The molecule has 0 radical (unpaired) electrons. The van der Waals surface area contributed by atoms with Gasteiger partial charge in [0.2, 0.25) is 0 Å². The largest absolute Gasteiger partial charge is 0.489 e. The van der Waals surface area contributed by atoms with Gasteiger partial charge in [0.05, 0.1) is 17.1 Å². The monoisotopic (exact) mass is 332 g/mol. The van der Waals surface area contributed by atoms with Crippen molar-refractivity contribution in [1.29, 1.82) is 5.26 Å². The molecule has 1 heterocycles. The third-order valence-corrected chi connectivity index (χ3v) is 3.98. The molecule has 0 saturated carbocycles. The number of nitrogen functional groups attached to an aromatic ring is 1. The summed E-state index contributed by atoms with van der Waals surface area (Å²) in [5.74, 6) is 1.20. The third-order valence-electron chi connectivity index (χ3n) is 3.98. The number of anilines is 1. The summed E-state index contributed by atoms with van der Waals surface area (Å²) in [6.07, 6.45) is 0. The minimum Gasteiger partial charge on any atom is -0.489 e. The maximum Gasteiger partial charge on any atom is 0.124 e. The lowest BCUT2D eigenvalue weighted by Crippen LogP contribution is -2.06. The van der Waals surface area contributed by atoms with E-state index in [1.807, 2.05) is 50.4 Å². The van der Waals surface area contributed by atoms with Crippen LogP contribution < -0.4 is 15.8 Å². The van der Waals surface area contributed by atoms with Gasteiger partial charge in [0.15, 0.2) is 0 Å². The van der Waals surface area contributed by atoms with Crippen LogP contribution in [0.25, 0.3) is 10.9 Å². The van der Waals surface area contributed by atoms with E-state index < -0.39 is 0 Å². The Labute approximate surface area is 147 Å². The number of aromatic nitrogens is 1. The highest BCUT2D eigenvalue weighted by Crippen LogP contribution is 2.22. The van der Waals surface area contributed by atoms with Crippen LogP contribution in [0, 0.1) is 18.3 Å². The second-order valence-electron chi connectivity index (χ2n) is 6.01. The standard InChI is InChI=1S/C20H20N4O/c1-13-5-20(22)24-19-9-14(3-4-18(13)19)12-25-17-7-15(10-21)6-16(8-17)11-23-2/h3-9,23H,11-12H2,1-2H3,(H2,22,24). The van der Waals surface area contributed by atoms with Crippen molar-refractivity contribution in [3.8, 4) is 11.8 Å². The van der Waals surface area contributed by atoms with Gasteiger partial charge in [0.1, 0.15) is 18.2 Å². The fraction of sp³-hybridized carbons (Fsp3) is 0.200. The van der Waals surface area contributed by atoms with Crippen molar-refractivity contribution >= 4 is 16.7 Å². The number of nitrogens with zero attached hydrogens (tertiary/aromatic N) is 2. The first-order valence-electron chi connectivity index (χ1n) is 8.06. The van der Waals surface area contributed by atoms with Crippen molar-refractivity contribution in [3.63, 3.8) is 0 Å². The Hall–Kier alpha value is -3.10. The molecule has 0 aliphatic rings. The van der Waals surface area contributed by atoms with Gasteiger partial charge in [-0.15, -0.1) is 0 Å². The second-order valence-corrected chi connectivity index (χ2v) is 6.01. The molecule has 2 aromatic carbocycles. The van der Waals surface area contributed by atoms with Gasteiger partial charge in [0.25, 0.3) is 0 Å². The lowest BCUT2D eigenvalue weighted by atomic mass is 10.1. The first kappa shape index (κ1) is 16.7. The van der Waals surface area contributed by atoms with Crippen molar-refractivity contribution in [3.05, 3.63) is 64.7 Å². The summed E-state index contributed by atoms with van der Waals surface area (Å²) in [4.78, 5) is 4.39. The molecule has 5 nitrogen and oxygen atoms in total. The Balaban J connectivity index is 1.83. The summed E-state index contributed by atoms with van der Waals surface area (Å²) in [5.41, 5.74) is 10.4. The van der Waals surface area contributed by atoms with E-state index >= 15 is 0 Å². The molecular formula is C20H20N4O. The van der Waals surface area contributed by atoms with Crippen molar-refractivity contribution in [2.24, 2.45) is 0 Å². The number of nitrogens with two attached hydrogens (primary N) is 1. The Morgan fingerprint density at radius 2 is 2.00 bits per heavy atom. The lowest BCUT2D eigenvalue weighted by molar-refractivity contribution is 0.306. The number of benzene rings is 2. The van der Waals surface area contributed by atoms with E-state index in [-0.39, 0.29) is 0 Å². The zero-order valence-electron chi connectivity index (χ0n) is 14.3. The van der Waals surface area contributed by atoms with E-state index in [9.17, 15) is 0 Å². The topological polar surface area (TPSA) is 84.0 Å². The Morgan fingerprint density at radius 1 is 1.16 bits per heavy atom. The molecule has 126 valence electrons. The maximum absolute atomic E-state index is 9.16. The molecule has 25 heavy (non-hydrogen) atoms. The Kier molecular flexibility index (Phi) is 4.82. The molecule has 3 rings (SSSR count). The van der Waals surface area contributed by atoms with Gasteiger partial charge in [-0.05, 0) is 61.0 Å². The zero-order valence-corrected chi connectivity index (χ0v) is 14.3. The highest BCUT2D eigenvalue weighted by atomic mass is 16.5. The number of fused-ring (bicyclic) bond motifs is 1. The van der Waals surface area contributed by atoms with E-state index in [1.54, 1.807) is 6.07 Å². The molecule has 1 aromatic heterocycles. The van der Waals surface area contributed by atoms with Gasteiger partial charge in [-0.3, -0.25) is 0 Å². The number of rotatable bonds is 5. The summed E-state index contributed by atoms with van der Waals surface area (Å²) in [7, 11) is 1.87. The van der Waals surface area contributed by atoms with Gasteiger partial charge < -0.3 is 15.8 Å². The Morgan fingerprint density at radius 3 is 2.76 bits per heavy atom. The van der Waals surface area contributed by atoms with Gasteiger partial charge in [0, 0.05) is 11.9 Å². The first-order chi connectivity index (χ1) is 12.1. The molecule has 0 amide bonds. The van der Waals surface area contributed by atoms with Gasteiger partial charge in [-0.2, -0.15) is 5.26 Å². The molecular weight excluding hydrogens is 312 g/mol. The van der Waals surface area contributed by atoms with Gasteiger partial charge in [-0.25, -0.2) is 4.98 Å². The molecule has 0 aliphatic carbocycles. The summed E-state index contributed by atoms with van der Waals surface area (Å²) in [6, 6.07) is 15.6. The highest BCUT2D eigenvalue weighted by molar-refractivity contribution is 5.84. The van der Waals surface area contributed by atoms with E-state index in [4.69, 9.17) is 15.7 Å². The predicted octanol–water partition coefficient (Wildman–Crippen LogP) is 3.30. The van der Waals surface area contributed by atoms with Crippen LogP contribution in [0.4, 0.5) is 5.82 Å². The minimum atomic E-state index is 0.402. The van der Waals surface area contributed by atoms with Crippen LogP contribution in [0.2, 0.25) is 0 Å². The van der Waals surface area contributed by atoms with Crippen molar-refractivity contribution in [2.75, 3.05) is 12.8 Å². The van der Waals surface area contributed by atoms with E-state index in [2.05, 4.69) is 16.4 Å². The van der Waals surface area contributed by atoms with Crippen LogP contribution in [0.1, 0.15) is 22.3 Å². The molecule has 5 heteroatoms. The van der Waals surface area contributed by atoms with E-state index in [1.165, 1.54) is 0 Å². The van der Waals surface area contributed by atoms with Crippen LogP contribution in [0.3, 0.4) is 0 Å². The summed E-state index contributed by atoms with van der Waals surface area (Å²) in [6.45, 7) is 3.11. The fourth-order valence-electron chi connectivity index (χ4n) is 2.85. The van der Waals surface area contributed by atoms with Gasteiger partial charge >= 0.3 is 0 Å². The molecule has 0 saturated heterocycles. The predicted molar refractivity (Wildman–Crippen MR) is 99.1 cm³/mol. The number of hydrogen-bond acceptors (Lipinski definition) is 5. The Bertz CT molecular complexity index is 960. The number of nitriles is 1. The number of hydrogen-bond donors (Lipinski definition) is 2. The lowest BCUT2D eigenvalue weighted by Gasteiger charge is -2.10. The minimum absolute atomic E-state index is 0.402.